The molecule has 0 unspecified atom stereocenters. The number of carbonyl (C=O) groups excluding carboxylic acids is 1. The van der Waals surface area contributed by atoms with E-state index < -0.39 is 0 Å². The van der Waals surface area contributed by atoms with Gasteiger partial charge in [-0.05, 0) is 48.1 Å². The molecule has 0 bridgehead atoms. The lowest BCUT2D eigenvalue weighted by atomic mass is 9.84. The second-order valence-electron chi connectivity index (χ2n) is 5.13. The van der Waals surface area contributed by atoms with E-state index in [1.165, 1.54) is 37.7 Å². The standard InChI is InChI=1S/C15H19ClO/c1-11-7-8-13(10-14(11)15(16)17)9-12-5-3-2-4-6-12/h7-8,10,12H,2-6,9H2,1H3. The molecule has 1 saturated carbocycles. The zero-order chi connectivity index (χ0) is 12.3. The summed E-state index contributed by atoms with van der Waals surface area (Å²) in [7, 11) is 0. The van der Waals surface area contributed by atoms with E-state index >= 15 is 0 Å². The van der Waals surface area contributed by atoms with Crippen LogP contribution in [-0.4, -0.2) is 5.24 Å². The zero-order valence-corrected chi connectivity index (χ0v) is 11.1. The highest BCUT2D eigenvalue weighted by Gasteiger charge is 2.15. The van der Waals surface area contributed by atoms with Crippen LogP contribution in [0.3, 0.4) is 0 Å². The minimum atomic E-state index is -0.340. The van der Waals surface area contributed by atoms with Gasteiger partial charge in [-0.3, -0.25) is 4.79 Å². The van der Waals surface area contributed by atoms with Gasteiger partial charge < -0.3 is 0 Å². The van der Waals surface area contributed by atoms with Gasteiger partial charge in [-0.2, -0.15) is 0 Å². The highest BCUT2D eigenvalue weighted by Crippen LogP contribution is 2.27. The molecule has 1 nitrogen and oxygen atoms in total. The maximum absolute atomic E-state index is 11.3. The average molecular weight is 251 g/mol. The van der Waals surface area contributed by atoms with Crippen molar-refractivity contribution < 1.29 is 4.79 Å². The predicted molar refractivity (Wildman–Crippen MR) is 71.6 cm³/mol. The molecule has 92 valence electrons. The molecule has 1 fully saturated rings. The number of aryl methyl sites for hydroxylation is 1. The Bertz CT molecular complexity index is 405. The summed E-state index contributed by atoms with van der Waals surface area (Å²) < 4.78 is 0. The van der Waals surface area contributed by atoms with Crippen LogP contribution in [-0.2, 0) is 6.42 Å². The van der Waals surface area contributed by atoms with Gasteiger partial charge in [0, 0.05) is 5.56 Å². The highest BCUT2D eigenvalue weighted by atomic mass is 35.5. The van der Waals surface area contributed by atoms with E-state index in [1.54, 1.807) is 0 Å². The van der Waals surface area contributed by atoms with Crippen molar-refractivity contribution in [1.29, 1.82) is 0 Å². The summed E-state index contributed by atoms with van der Waals surface area (Å²) in [5, 5.41) is -0.340. The Balaban J connectivity index is 2.10. The van der Waals surface area contributed by atoms with Crippen LogP contribution in [0.2, 0.25) is 0 Å². The molecule has 0 atom stereocenters. The van der Waals surface area contributed by atoms with E-state index in [9.17, 15) is 4.79 Å². The van der Waals surface area contributed by atoms with Gasteiger partial charge in [0.05, 0.1) is 0 Å². The first-order chi connectivity index (χ1) is 8.16. The van der Waals surface area contributed by atoms with Gasteiger partial charge in [0.1, 0.15) is 0 Å². The first-order valence-electron chi connectivity index (χ1n) is 6.46. The molecule has 2 heteroatoms. The number of halogens is 1. The third-order valence-corrected chi connectivity index (χ3v) is 3.97. The van der Waals surface area contributed by atoms with Crippen LogP contribution in [0.5, 0.6) is 0 Å². The molecular formula is C15H19ClO. The summed E-state index contributed by atoms with van der Waals surface area (Å²) >= 11 is 5.58. The fourth-order valence-electron chi connectivity index (χ4n) is 2.73. The molecule has 0 aliphatic heterocycles. The number of rotatable bonds is 3. The molecule has 17 heavy (non-hydrogen) atoms. The normalized spacial score (nSPS) is 17.1. The Morgan fingerprint density at radius 2 is 2.00 bits per heavy atom. The third-order valence-electron chi connectivity index (χ3n) is 3.76. The first kappa shape index (κ1) is 12.6. The minimum absolute atomic E-state index is 0.340. The lowest BCUT2D eigenvalue weighted by Gasteiger charge is -2.21. The molecule has 1 aliphatic carbocycles. The van der Waals surface area contributed by atoms with Crippen molar-refractivity contribution in [3.05, 3.63) is 34.9 Å². The van der Waals surface area contributed by atoms with Gasteiger partial charge in [-0.25, -0.2) is 0 Å². The Hall–Kier alpha value is -0.820. The van der Waals surface area contributed by atoms with E-state index in [2.05, 4.69) is 6.07 Å². The van der Waals surface area contributed by atoms with Crippen LogP contribution in [0, 0.1) is 12.8 Å². The molecule has 0 aromatic heterocycles. The largest absolute Gasteiger partial charge is 0.276 e. The van der Waals surface area contributed by atoms with Crippen LogP contribution < -0.4 is 0 Å². The molecule has 2 rings (SSSR count). The maximum Gasteiger partial charge on any atom is 0.252 e. The van der Waals surface area contributed by atoms with Gasteiger partial charge in [-0.15, -0.1) is 0 Å². The fraction of sp³-hybridized carbons (Fsp3) is 0.533. The van der Waals surface area contributed by atoms with Crippen LogP contribution in [0.25, 0.3) is 0 Å². The van der Waals surface area contributed by atoms with Gasteiger partial charge >= 0.3 is 0 Å². The molecule has 1 aromatic rings. The summed E-state index contributed by atoms with van der Waals surface area (Å²) in [6.45, 7) is 1.93. The molecule has 0 N–H and O–H groups in total. The highest BCUT2D eigenvalue weighted by molar-refractivity contribution is 6.67. The van der Waals surface area contributed by atoms with Crippen LogP contribution in [0.15, 0.2) is 18.2 Å². The smallest absolute Gasteiger partial charge is 0.252 e. The van der Waals surface area contributed by atoms with Gasteiger partial charge in [-0.1, -0.05) is 44.2 Å². The number of carbonyl (C=O) groups is 1. The molecule has 0 saturated heterocycles. The molecule has 1 aromatic carbocycles. The van der Waals surface area contributed by atoms with E-state index in [0.29, 0.717) is 5.56 Å². The first-order valence-corrected chi connectivity index (χ1v) is 6.84. The number of benzene rings is 1. The van der Waals surface area contributed by atoms with Gasteiger partial charge in [0.15, 0.2) is 0 Å². The van der Waals surface area contributed by atoms with Gasteiger partial charge in [0.2, 0.25) is 0 Å². The predicted octanol–water partition coefficient (Wildman–Crippen LogP) is 4.50. The quantitative estimate of drug-likeness (QED) is 0.722. The Morgan fingerprint density at radius 1 is 1.29 bits per heavy atom. The minimum Gasteiger partial charge on any atom is -0.276 e. The Labute approximate surface area is 108 Å². The second-order valence-corrected chi connectivity index (χ2v) is 5.47. The molecule has 0 spiro atoms. The number of hydrogen-bond donors (Lipinski definition) is 0. The van der Waals surface area contributed by atoms with Crippen LogP contribution in [0.1, 0.15) is 53.6 Å². The van der Waals surface area contributed by atoms with Crippen molar-refractivity contribution in [2.24, 2.45) is 5.92 Å². The van der Waals surface area contributed by atoms with Crippen molar-refractivity contribution >= 4 is 16.8 Å². The number of hydrogen-bond acceptors (Lipinski definition) is 1. The molecule has 0 radical (unpaired) electrons. The second kappa shape index (κ2) is 5.68. The maximum atomic E-state index is 11.3. The SMILES string of the molecule is Cc1ccc(CC2CCCCC2)cc1C(=O)Cl. The zero-order valence-electron chi connectivity index (χ0n) is 10.3. The Morgan fingerprint density at radius 3 is 2.65 bits per heavy atom. The summed E-state index contributed by atoms with van der Waals surface area (Å²) in [4.78, 5) is 11.3. The average Bonchev–Trinajstić information content (AvgIpc) is 2.32. The fourth-order valence-corrected chi connectivity index (χ4v) is 2.94. The van der Waals surface area contributed by atoms with E-state index in [-0.39, 0.29) is 5.24 Å². The summed E-state index contributed by atoms with van der Waals surface area (Å²) in [5.41, 5.74) is 2.89. The monoisotopic (exact) mass is 250 g/mol. The van der Waals surface area contributed by atoms with Crippen molar-refractivity contribution in [3.63, 3.8) is 0 Å². The van der Waals surface area contributed by atoms with Crippen LogP contribution in [0.4, 0.5) is 0 Å². The van der Waals surface area contributed by atoms with Crippen LogP contribution >= 0.6 is 11.6 Å². The molecule has 1 aliphatic rings. The topological polar surface area (TPSA) is 17.1 Å². The van der Waals surface area contributed by atoms with E-state index in [0.717, 1.165) is 17.9 Å². The van der Waals surface area contributed by atoms with Crippen molar-refractivity contribution in [2.75, 3.05) is 0 Å². The summed E-state index contributed by atoms with van der Waals surface area (Å²) in [5.74, 6) is 0.796. The van der Waals surface area contributed by atoms with Gasteiger partial charge in [0.25, 0.3) is 5.24 Å². The van der Waals surface area contributed by atoms with Crippen molar-refractivity contribution in [3.8, 4) is 0 Å². The van der Waals surface area contributed by atoms with Crippen molar-refractivity contribution in [2.45, 2.75) is 45.4 Å². The van der Waals surface area contributed by atoms with Crippen molar-refractivity contribution in [1.82, 2.24) is 0 Å². The summed E-state index contributed by atoms with van der Waals surface area (Å²) in [6, 6.07) is 6.11. The molecular weight excluding hydrogens is 232 g/mol. The van der Waals surface area contributed by atoms with E-state index in [4.69, 9.17) is 11.6 Å². The third kappa shape index (κ3) is 3.32. The lowest BCUT2D eigenvalue weighted by Crippen LogP contribution is -2.09. The Kier molecular flexibility index (Phi) is 4.22. The molecule has 0 amide bonds. The lowest BCUT2D eigenvalue weighted by molar-refractivity contribution is 0.108. The molecule has 0 heterocycles. The summed E-state index contributed by atoms with van der Waals surface area (Å²) in [6.07, 6.45) is 7.86. The van der Waals surface area contributed by atoms with E-state index in [1.807, 2.05) is 19.1 Å².